The van der Waals surface area contributed by atoms with Gasteiger partial charge in [-0.15, -0.1) is 0 Å². The van der Waals surface area contributed by atoms with Crippen LogP contribution in [0, 0.1) is 0 Å². The van der Waals surface area contributed by atoms with E-state index in [2.05, 4.69) is 15.6 Å². The fraction of sp³-hybridized carbons (Fsp3) is 0.240. The number of hydrogen-bond donors (Lipinski definition) is 4. The summed E-state index contributed by atoms with van der Waals surface area (Å²) >= 11 is 0. The Labute approximate surface area is 206 Å². The standard InChI is InChI=1S/C16H20N2O5.C9H7NO3/c1-16(2,3)22-15(20)17-8-9-21-14-10-13(23-18-14)11-4-6-12(19)7-5-11;11-7-3-1-6(2-4-7)8-5-9(12)10-13-8/h4-7,10,19H,8-9H2,1-3H3,(H,17,20);1-5,11H,(H,10,12). The second-order valence-corrected chi connectivity index (χ2v) is 8.48. The number of H-pyrrole nitrogens is 1. The number of rotatable bonds is 6. The molecule has 4 rings (SSSR count). The number of aromatic amines is 1. The highest BCUT2D eigenvalue weighted by Gasteiger charge is 2.15. The molecule has 0 fully saturated rings. The van der Waals surface area contributed by atoms with Gasteiger partial charge in [0.1, 0.15) is 23.7 Å². The minimum absolute atomic E-state index is 0.179. The molecule has 1 amide bonds. The Kier molecular flexibility index (Phi) is 8.39. The van der Waals surface area contributed by atoms with E-state index < -0.39 is 11.7 Å². The summed E-state index contributed by atoms with van der Waals surface area (Å²) in [5.41, 5.74) is 0.715. The number of nitrogens with one attached hydrogen (secondary N) is 2. The Morgan fingerprint density at radius 3 is 2.08 bits per heavy atom. The maximum atomic E-state index is 11.4. The van der Waals surface area contributed by atoms with Gasteiger partial charge in [0, 0.05) is 17.2 Å². The quantitative estimate of drug-likeness (QED) is 0.285. The minimum atomic E-state index is -0.532. The van der Waals surface area contributed by atoms with Gasteiger partial charge in [-0.1, -0.05) is 0 Å². The normalized spacial score (nSPS) is 10.8. The Morgan fingerprint density at radius 2 is 1.56 bits per heavy atom. The molecular formula is C25H27N3O8. The van der Waals surface area contributed by atoms with Gasteiger partial charge in [0.15, 0.2) is 11.5 Å². The van der Waals surface area contributed by atoms with Crippen molar-refractivity contribution in [2.45, 2.75) is 26.4 Å². The molecule has 0 saturated carbocycles. The molecule has 0 saturated heterocycles. The van der Waals surface area contributed by atoms with E-state index in [1.54, 1.807) is 63.2 Å². The van der Waals surface area contributed by atoms with Crippen molar-refractivity contribution in [1.29, 1.82) is 0 Å². The fourth-order valence-corrected chi connectivity index (χ4v) is 2.76. The van der Waals surface area contributed by atoms with E-state index in [1.807, 2.05) is 0 Å². The Balaban J connectivity index is 0.000000233. The van der Waals surface area contributed by atoms with Gasteiger partial charge in [-0.3, -0.25) is 4.79 Å². The van der Waals surface area contributed by atoms with Gasteiger partial charge in [0.05, 0.1) is 12.6 Å². The SMILES string of the molecule is CC(C)(C)OC(=O)NCCOc1cc(-c2ccc(O)cc2)on1.O=c1cc(-c2ccc(O)cc2)o[nH]1. The fourth-order valence-electron chi connectivity index (χ4n) is 2.76. The number of hydrogen-bond acceptors (Lipinski definition) is 9. The topological polar surface area (TPSA) is 160 Å². The summed E-state index contributed by atoms with van der Waals surface area (Å²) in [7, 11) is 0. The first kappa shape index (κ1) is 25.9. The van der Waals surface area contributed by atoms with Crippen LogP contribution in [0.25, 0.3) is 22.6 Å². The lowest BCUT2D eigenvalue weighted by Gasteiger charge is -2.19. The summed E-state index contributed by atoms with van der Waals surface area (Å²) in [6.45, 7) is 5.91. The van der Waals surface area contributed by atoms with Gasteiger partial charge < -0.3 is 34.0 Å². The van der Waals surface area contributed by atoms with Crippen LogP contribution in [0.1, 0.15) is 20.8 Å². The van der Waals surface area contributed by atoms with Crippen LogP contribution in [-0.2, 0) is 4.74 Å². The zero-order chi connectivity index (χ0) is 26.1. The number of phenols is 2. The third-order valence-corrected chi connectivity index (χ3v) is 4.34. The average Bonchev–Trinajstić information content (AvgIpc) is 3.46. The highest BCUT2D eigenvalue weighted by atomic mass is 16.6. The van der Waals surface area contributed by atoms with Crippen molar-refractivity contribution in [1.82, 2.24) is 15.6 Å². The predicted octanol–water partition coefficient (Wildman–Crippen LogP) is 4.29. The molecule has 0 aliphatic rings. The molecule has 0 aliphatic heterocycles. The first-order chi connectivity index (χ1) is 17.1. The van der Waals surface area contributed by atoms with Crippen molar-refractivity contribution in [2.75, 3.05) is 13.2 Å². The second-order valence-electron chi connectivity index (χ2n) is 8.48. The van der Waals surface area contributed by atoms with E-state index >= 15 is 0 Å². The number of aromatic nitrogens is 2. The first-order valence-electron chi connectivity index (χ1n) is 10.9. The Morgan fingerprint density at radius 1 is 0.972 bits per heavy atom. The summed E-state index contributed by atoms with van der Waals surface area (Å²) in [6.07, 6.45) is -0.494. The molecule has 11 heteroatoms. The van der Waals surface area contributed by atoms with Gasteiger partial charge in [0.2, 0.25) is 0 Å². The van der Waals surface area contributed by atoms with Crippen LogP contribution in [-0.4, -0.2) is 45.4 Å². The maximum Gasteiger partial charge on any atom is 0.407 e. The smallest absolute Gasteiger partial charge is 0.407 e. The molecule has 0 spiro atoms. The van der Waals surface area contributed by atoms with Gasteiger partial charge in [-0.05, 0) is 74.5 Å². The molecule has 2 aromatic heterocycles. The number of aromatic hydroxyl groups is 2. The van der Waals surface area contributed by atoms with Gasteiger partial charge in [-0.2, -0.15) is 5.16 Å². The average molecular weight is 498 g/mol. The van der Waals surface area contributed by atoms with E-state index in [0.29, 0.717) is 17.4 Å². The summed E-state index contributed by atoms with van der Waals surface area (Å²) < 4.78 is 20.5. The lowest BCUT2D eigenvalue weighted by Crippen LogP contribution is -2.34. The number of carbonyl (C=O) groups excluding carboxylic acids is 1. The van der Waals surface area contributed by atoms with Crippen molar-refractivity contribution < 1.29 is 33.5 Å². The van der Waals surface area contributed by atoms with E-state index in [9.17, 15) is 14.7 Å². The molecule has 4 aromatic rings. The van der Waals surface area contributed by atoms with Gasteiger partial charge in [0.25, 0.3) is 11.4 Å². The van der Waals surface area contributed by atoms with E-state index in [4.69, 9.17) is 23.6 Å². The third kappa shape index (κ3) is 8.28. The summed E-state index contributed by atoms with van der Waals surface area (Å²) in [6, 6.07) is 15.9. The van der Waals surface area contributed by atoms with Crippen LogP contribution < -0.4 is 15.6 Å². The van der Waals surface area contributed by atoms with Crippen LogP contribution >= 0.6 is 0 Å². The molecule has 0 aliphatic carbocycles. The number of carbonyl (C=O) groups is 1. The third-order valence-electron chi connectivity index (χ3n) is 4.34. The van der Waals surface area contributed by atoms with Crippen LogP contribution in [0.4, 0.5) is 4.79 Å². The largest absolute Gasteiger partial charge is 0.508 e. The van der Waals surface area contributed by atoms with E-state index in [0.717, 1.165) is 11.1 Å². The van der Waals surface area contributed by atoms with Gasteiger partial charge in [-0.25, -0.2) is 4.79 Å². The van der Waals surface area contributed by atoms with Crippen molar-refractivity contribution in [3.63, 3.8) is 0 Å². The predicted molar refractivity (Wildman–Crippen MR) is 130 cm³/mol. The molecule has 0 atom stereocenters. The summed E-state index contributed by atoms with van der Waals surface area (Å²) in [4.78, 5) is 22.2. The summed E-state index contributed by atoms with van der Waals surface area (Å²) in [5, 5.41) is 26.8. The van der Waals surface area contributed by atoms with Crippen LogP contribution in [0.3, 0.4) is 0 Å². The molecule has 2 heterocycles. The molecule has 4 N–H and O–H groups in total. The monoisotopic (exact) mass is 497 g/mol. The number of amides is 1. The highest BCUT2D eigenvalue weighted by molar-refractivity contribution is 5.67. The maximum absolute atomic E-state index is 11.4. The molecule has 2 aromatic carbocycles. The lowest BCUT2D eigenvalue weighted by molar-refractivity contribution is 0.0519. The number of nitrogens with zero attached hydrogens (tertiary/aromatic N) is 1. The number of phenolic OH excluding ortho intramolecular Hbond substituents is 2. The Bertz CT molecular complexity index is 1300. The second kappa shape index (κ2) is 11.6. The summed E-state index contributed by atoms with van der Waals surface area (Å²) in [5.74, 6) is 1.67. The number of benzene rings is 2. The van der Waals surface area contributed by atoms with Crippen molar-refractivity contribution >= 4 is 6.09 Å². The van der Waals surface area contributed by atoms with E-state index in [-0.39, 0.29) is 30.2 Å². The zero-order valence-corrected chi connectivity index (χ0v) is 20.0. The molecule has 11 nitrogen and oxygen atoms in total. The molecule has 0 unspecified atom stereocenters. The molecular weight excluding hydrogens is 470 g/mol. The Hall–Kier alpha value is -4.67. The van der Waals surface area contributed by atoms with Gasteiger partial charge >= 0.3 is 6.09 Å². The van der Waals surface area contributed by atoms with Crippen LogP contribution in [0.5, 0.6) is 17.4 Å². The highest BCUT2D eigenvalue weighted by Crippen LogP contribution is 2.25. The number of ether oxygens (including phenoxy) is 2. The lowest BCUT2D eigenvalue weighted by atomic mass is 10.2. The van der Waals surface area contributed by atoms with Crippen molar-refractivity contribution in [2.24, 2.45) is 0 Å². The minimum Gasteiger partial charge on any atom is -0.508 e. The molecule has 0 radical (unpaired) electrons. The molecule has 36 heavy (non-hydrogen) atoms. The first-order valence-corrected chi connectivity index (χ1v) is 10.9. The molecule has 190 valence electrons. The molecule has 0 bridgehead atoms. The van der Waals surface area contributed by atoms with Crippen molar-refractivity contribution in [3.05, 3.63) is 71.0 Å². The van der Waals surface area contributed by atoms with E-state index in [1.165, 1.54) is 18.2 Å². The van der Waals surface area contributed by atoms with Crippen molar-refractivity contribution in [3.8, 4) is 40.0 Å². The van der Waals surface area contributed by atoms with Crippen LogP contribution in [0.15, 0.2) is 74.5 Å². The number of alkyl carbamates (subject to hydrolysis) is 1. The van der Waals surface area contributed by atoms with Crippen LogP contribution in [0.2, 0.25) is 0 Å². The zero-order valence-electron chi connectivity index (χ0n) is 20.0.